The predicted octanol–water partition coefficient (Wildman–Crippen LogP) is 4.58. The highest BCUT2D eigenvalue weighted by Gasteiger charge is 2.18. The minimum Gasteiger partial charge on any atom is -0.314 e. The molecule has 0 bridgehead atoms. The van der Waals surface area contributed by atoms with Gasteiger partial charge in [0.1, 0.15) is 0 Å². The Morgan fingerprint density at radius 2 is 2.21 bits per heavy atom. The monoisotopic (exact) mass is 297 g/mol. The number of nitrogens with one attached hydrogen (secondary N) is 1. The quantitative estimate of drug-likeness (QED) is 0.753. The SMILES string of the molecule is CCCNC(CCc1ccsc1)CC1CCSCC1. The molecule has 1 aliphatic rings. The molecular formula is C16H27NS2. The van der Waals surface area contributed by atoms with Crippen LogP contribution < -0.4 is 5.32 Å². The number of hydrogen-bond donors (Lipinski definition) is 1. The summed E-state index contributed by atoms with van der Waals surface area (Å²) in [6.45, 7) is 3.44. The van der Waals surface area contributed by atoms with Crippen LogP contribution in [0.1, 0.15) is 44.6 Å². The second kappa shape index (κ2) is 9.04. The summed E-state index contributed by atoms with van der Waals surface area (Å²) in [4.78, 5) is 0. The molecule has 0 spiro atoms. The van der Waals surface area contributed by atoms with Gasteiger partial charge in [0.25, 0.3) is 0 Å². The lowest BCUT2D eigenvalue weighted by Crippen LogP contribution is -2.33. The van der Waals surface area contributed by atoms with Gasteiger partial charge in [-0.1, -0.05) is 6.92 Å². The van der Waals surface area contributed by atoms with E-state index in [1.807, 2.05) is 11.3 Å². The molecule has 1 aromatic rings. The standard InChI is InChI=1S/C16H27NS2/c1-2-8-17-16(4-3-15-7-11-19-13-15)12-14-5-9-18-10-6-14/h7,11,13-14,16-17H,2-6,8-10,12H2,1H3. The van der Waals surface area contributed by atoms with Crippen molar-refractivity contribution in [2.75, 3.05) is 18.1 Å². The maximum Gasteiger partial charge on any atom is 0.00728 e. The second-order valence-corrected chi connectivity index (χ2v) is 7.62. The molecule has 2 rings (SSSR count). The van der Waals surface area contributed by atoms with E-state index >= 15 is 0 Å². The van der Waals surface area contributed by atoms with Gasteiger partial charge in [-0.3, -0.25) is 0 Å². The fourth-order valence-electron chi connectivity index (χ4n) is 2.81. The van der Waals surface area contributed by atoms with Crippen molar-refractivity contribution in [2.45, 2.75) is 51.5 Å². The fraction of sp³-hybridized carbons (Fsp3) is 0.750. The number of aryl methyl sites for hydroxylation is 1. The summed E-state index contributed by atoms with van der Waals surface area (Å²) in [5, 5.41) is 8.27. The van der Waals surface area contributed by atoms with Crippen LogP contribution in [0.5, 0.6) is 0 Å². The smallest absolute Gasteiger partial charge is 0.00728 e. The van der Waals surface area contributed by atoms with Crippen LogP contribution in [0.4, 0.5) is 0 Å². The third kappa shape index (κ3) is 5.88. The van der Waals surface area contributed by atoms with Crippen molar-refractivity contribution >= 4 is 23.1 Å². The largest absolute Gasteiger partial charge is 0.314 e. The van der Waals surface area contributed by atoms with E-state index in [1.165, 1.54) is 62.1 Å². The molecule has 1 atom stereocenters. The van der Waals surface area contributed by atoms with Gasteiger partial charge in [-0.2, -0.15) is 23.1 Å². The molecule has 0 saturated carbocycles. The summed E-state index contributed by atoms with van der Waals surface area (Å²) < 4.78 is 0. The van der Waals surface area contributed by atoms with Crippen molar-refractivity contribution in [3.05, 3.63) is 22.4 Å². The molecule has 0 radical (unpaired) electrons. The zero-order valence-corrected chi connectivity index (χ0v) is 13.7. The van der Waals surface area contributed by atoms with Crippen molar-refractivity contribution < 1.29 is 0 Å². The van der Waals surface area contributed by atoms with Crippen molar-refractivity contribution in [2.24, 2.45) is 5.92 Å². The summed E-state index contributed by atoms with van der Waals surface area (Å²) >= 11 is 3.96. The van der Waals surface area contributed by atoms with Crippen LogP contribution in [0.2, 0.25) is 0 Å². The maximum atomic E-state index is 3.78. The van der Waals surface area contributed by atoms with Gasteiger partial charge < -0.3 is 5.32 Å². The van der Waals surface area contributed by atoms with Gasteiger partial charge in [0, 0.05) is 6.04 Å². The molecule has 3 heteroatoms. The predicted molar refractivity (Wildman–Crippen MR) is 89.4 cm³/mol. The van der Waals surface area contributed by atoms with E-state index in [1.54, 1.807) is 0 Å². The summed E-state index contributed by atoms with van der Waals surface area (Å²) in [5.41, 5.74) is 1.52. The minimum absolute atomic E-state index is 0.730. The molecule has 1 unspecified atom stereocenters. The van der Waals surface area contributed by atoms with Gasteiger partial charge in [-0.25, -0.2) is 0 Å². The highest BCUT2D eigenvalue weighted by Crippen LogP contribution is 2.27. The second-order valence-electron chi connectivity index (χ2n) is 5.61. The summed E-state index contributed by atoms with van der Waals surface area (Å²) in [6.07, 6.45) is 8.06. The van der Waals surface area contributed by atoms with Gasteiger partial charge in [0.2, 0.25) is 0 Å². The first-order valence-corrected chi connectivity index (χ1v) is 9.80. The zero-order valence-electron chi connectivity index (χ0n) is 12.1. The van der Waals surface area contributed by atoms with E-state index in [2.05, 4.69) is 40.8 Å². The average Bonchev–Trinajstić information content (AvgIpc) is 2.96. The Morgan fingerprint density at radius 1 is 1.37 bits per heavy atom. The lowest BCUT2D eigenvalue weighted by molar-refractivity contribution is 0.351. The number of thiophene rings is 1. The molecule has 1 saturated heterocycles. The molecule has 1 nitrogen and oxygen atoms in total. The molecule has 2 heterocycles. The van der Waals surface area contributed by atoms with Crippen molar-refractivity contribution in [3.8, 4) is 0 Å². The Hall–Kier alpha value is 0.01000. The van der Waals surface area contributed by atoms with Crippen molar-refractivity contribution in [1.82, 2.24) is 5.32 Å². The first kappa shape index (κ1) is 15.4. The highest BCUT2D eigenvalue weighted by molar-refractivity contribution is 7.99. The molecule has 1 aliphatic heterocycles. The van der Waals surface area contributed by atoms with E-state index in [4.69, 9.17) is 0 Å². The Labute approximate surface area is 126 Å². The first-order valence-electron chi connectivity index (χ1n) is 7.70. The Bertz CT molecular complexity index is 317. The van der Waals surface area contributed by atoms with E-state index in [0.29, 0.717) is 0 Å². The van der Waals surface area contributed by atoms with Gasteiger partial charge in [0.15, 0.2) is 0 Å². The first-order chi connectivity index (χ1) is 9.38. The van der Waals surface area contributed by atoms with Gasteiger partial charge in [-0.05, 0) is 84.9 Å². The lowest BCUT2D eigenvalue weighted by Gasteiger charge is -2.27. The normalized spacial score (nSPS) is 18.6. The van der Waals surface area contributed by atoms with E-state index < -0.39 is 0 Å². The molecule has 1 aromatic heterocycles. The average molecular weight is 298 g/mol. The van der Waals surface area contributed by atoms with Crippen LogP contribution in [0.3, 0.4) is 0 Å². The molecule has 0 aliphatic carbocycles. The van der Waals surface area contributed by atoms with Gasteiger partial charge in [-0.15, -0.1) is 0 Å². The minimum atomic E-state index is 0.730. The van der Waals surface area contributed by atoms with E-state index in [0.717, 1.165) is 12.0 Å². The van der Waals surface area contributed by atoms with Crippen LogP contribution in [0.15, 0.2) is 16.8 Å². The lowest BCUT2D eigenvalue weighted by atomic mass is 9.91. The summed E-state index contributed by atoms with van der Waals surface area (Å²) in [6, 6.07) is 3.01. The molecule has 0 aromatic carbocycles. The van der Waals surface area contributed by atoms with E-state index in [-0.39, 0.29) is 0 Å². The highest BCUT2D eigenvalue weighted by atomic mass is 32.2. The van der Waals surface area contributed by atoms with Crippen LogP contribution >= 0.6 is 23.1 Å². The molecule has 108 valence electrons. The Morgan fingerprint density at radius 3 is 2.89 bits per heavy atom. The Balaban J connectivity index is 1.76. The molecule has 1 fully saturated rings. The maximum absolute atomic E-state index is 3.78. The van der Waals surface area contributed by atoms with Crippen LogP contribution in [0, 0.1) is 5.92 Å². The van der Waals surface area contributed by atoms with E-state index in [9.17, 15) is 0 Å². The van der Waals surface area contributed by atoms with Gasteiger partial charge >= 0.3 is 0 Å². The molecule has 19 heavy (non-hydrogen) atoms. The van der Waals surface area contributed by atoms with Crippen LogP contribution in [0.25, 0.3) is 0 Å². The fourth-order valence-corrected chi connectivity index (χ4v) is 4.72. The third-order valence-electron chi connectivity index (χ3n) is 4.00. The molecular weight excluding hydrogens is 270 g/mol. The molecule has 1 N–H and O–H groups in total. The number of hydrogen-bond acceptors (Lipinski definition) is 3. The zero-order chi connectivity index (χ0) is 13.3. The van der Waals surface area contributed by atoms with Gasteiger partial charge in [0.05, 0.1) is 0 Å². The third-order valence-corrected chi connectivity index (χ3v) is 5.78. The number of thioether (sulfide) groups is 1. The van der Waals surface area contributed by atoms with Crippen molar-refractivity contribution in [1.29, 1.82) is 0 Å². The topological polar surface area (TPSA) is 12.0 Å². The van der Waals surface area contributed by atoms with Crippen LogP contribution in [-0.4, -0.2) is 24.1 Å². The Kier molecular flexibility index (Phi) is 7.33. The van der Waals surface area contributed by atoms with Crippen LogP contribution in [-0.2, 0) is 6.42 Å². The summed E-state index contributed by atoms with van der Waals surface area (Å²) in [5.74, 6) is 3.74. The summed E-state index contributed by atoms with van der Waals surface area (Å²) in [7, 11) is 0. The van der Waals surface area contributed by atoms with Crippen molar-refractivity contribution in [3.63, 3.8) is 0 Å². The molecule has 0 amide bonds. The number of rotatable bonds is 8.